The van der Waals surface area contributed by atoms with E-state index in [0.717, 1.165) is 85.4 Å². The van der Waals surface area contributed by atoms with Gasteiger partial charge in [-0.3, -0.25) is 4.79 Å². The first kappa shape index (κ1) is 28.1. The van der Waals surface area contributed by atoms with Gasteiger partial charge in [-0.2, -0.15) is 0 Å². The molecule has 1 fully saturated rings. The molecular formula is C33H42N2O5. The van der Waals surface area contributed by atoms with Crippen molar-refractivity contribution in [2.75, 3.05) is 60.7 Å². The molecule has 0 N–H and O–H groups in total. The molecule has 0 bridgehead atoms. The molecule has 1 saturated heterocycles. The molecule has 3 aromatic rings. The van der Waals surface area contributed by atoms with E-state index in [1.54, 1.807) is 21.3 Å². The smallest absolute Gasteiger partial charge is 0.254 e. The molecule has 0 saturated carbocycles. The summed E-state index contributed by atoms with van der Waals surface area (Å²) in [6, 6.07) is 16.1. The van der Waals surface area contributed by atoms with Crippen LogP contribution in [0.5, 0.6) is 23.0 Å². The molecule has 40 heavy (non-hydrogen) atoms. The van der Waals surface area contributed by atoms with Crippen LogP contribution >= 0.6 is 0 Å². The highest BCUT2D eigenvalue weighted by atomic mass is 16.5. The summed E-state index contributed by atoms with van der Waals surface area (Å²) in [7, 11) is 4.94. The first-order valence-corrected chi connectivity index (χ1v) is 14.6. The van der Waals surface area contributed by atoms with Gasteiger partial charge in [0.25, 0.3) is 5.91 Å². The first-order chi connectivity index (χ1) is 19.6. The largest absolute Gasteiger partial charge is 0.497 e. The third kappa shape index (κ3) is 6.47. The van der Waals surface area contributed by atoms with Crippen molar-refractivity contribution in [2.45, 2.75) is 38.5 Å². The number of rotatable bonds is 10. The molecule has 0 spiro atoms. The van der Waals surface area contributed by atoms with E-state index in [2.05, 4.69) is 21.9 Å². The van der Waals surface area contributed by atoms with Crippen LogP contribution in [0.2, 0.25) is 0 Å². The van der Waals surface area contributed by atoms with Gasteiger partial charge in [-0.25, -0.2) is 0 Å². The molecule has 1 unspecified atom stereocenters. The Bertz CT molecular complexity index is 1310. The molecule has 214 valence electrons. The van der Waals surface area contributed by atoms with Gasteiger partial charge in [0.1, 0.15) is 11.5 Å². The number of likely N-dealkylation sites (tertiary alicyclic amines) is 1. The third-order valence-electron chi connectivity index (χ3n) is 8.28. The molecule has 0 aromatic heterocycles. The number of fused-ring (bicyclic) bond motifs is 2. The zero-order valence-electron chi connectivity index (χ0n) is 24.1. The minimum atomic E-state index is 0.108. The Labute approximate surface area is 237 Å². The average molecular weight is 547 g/mol. The van der Waals surface area contributed by atoms with Gasteiger partial charge in [-0.15, -0.1) is 0 Å². The summed E-state index contributed by atoms with van der Waals surface area (Å²) in [4.78, 5) is 18.1. The highest BCUT2D eigenvalue weighted by Gasteiger charge is 2.29. The van der Waals surface area contributed by atoms with E-state index in [0.29, 0.717) is 24.0 Å². The summed E-state index contributed by atoms with van der Waals surface area (Å²) >= 11 is 0. The van der Waals surface area contributed by atoms with Crippen molar-refractivity contribution in [3.05, 3.63) is 59.7 Å². The Morgan fingerprint density at radius 1 is 0.875 bits per heavy atom. The van der Waals surface area contributed by atoms with E-state index < -0.39 is 0 Å². The number of hydrogen-bond donors (Lipinski definition) is 0. The Morgan fingerprint density at radius 3 is 2.55 bits per heavy atom. The van der Waals surface area contributed by atoms with Gasteiger partial charge >= 0.3 is 0 Å². The van der Waals surface area contributed by atoms with Gasteiger partial charge in [-0.1, -0.05) is 25.0 Å². The summed E-state index contributed by atoms with van der Waals surface area (Å²) in [5.74, 6) is 3.65. The summed E-state index contributed by atoms with van der Waals surface area (Å²) in [6.07, 6.45) is 6.69. The number of nitrogens with zero attached hydrogens (tertiary/aromatic N) is 2. The van der Waals surface area contributed by atoms with E-state index in [9.17, 15) is 4.79 Å². The van der Waals surface area contributed by atoms with Crippen LogP contribution in [0.15, 0.2) is 48.5 Å². The van der Waals surface area contributed by atoms with E-state index in [-0.39, 0.29) is 5.91 Å². The number of amides is 1. The highest BCUT2D eigenvalue weighted by molar-refractivity contribution is 5.97. The van der Waals surface area contributed by atoms with Crippen molar-refractivity contribution in [2.24, 2.45) is 5.92 Å². The average Bonchev–Trinajstić information content (AvgIpc) is 2.97. The fraction of sp³-hybridized carbons (Fsp3) is 0.485. The van der Waals surface area contributed by atoms with Gasteiger partial charge in [0.05, 0.1) is 27.9 Å². The zero-order valence-corrected chi connectivity index (χ0v) is 24.1. The van der Waals surface area contributed by atoms with E-state index >= 15 is 0 Å². The minimum absolute atomic E-state index is 0.108. The molecule has 3 aromatic carbocycles. The minimum Gasteiger partial charge on any atom is -0.497 e. The van der Waals surface area contributed by atoms with E-state index in [1.165, 1.54) is 19.3 Å². The summed E-state index contributed by atoms with van der Waals surface area (Å²) in [5.41, 5.74) is 1.79. The van der Waals surface area contributed by atoms with Gasteiger partial charge in [0.15, 0.2) is 11.5 Å². The topological polar surface area (TPSA) is 60.5 Å². The molecule has 5 rings (SSSR count). The van der Waals surface area contributed by atoms with Crippen molar-refractivity contribution in [3.63, 3.8) is 0 Å². The van der Waals surface area contributed by atoms with Crippen LogP contribution < -0.4 is 18.9 Å². The second kappa shape index (κ2) is 13.3. The predicted molar refractivity (Wildman–Crippen MR) is 158 cm³/mol. The van der Waals surface area contributed by atoms with Crippen LogP contribution in [0.1, 0.15) is 48.0 Å². The Kier molecular flexibility index (Phi) is 9.32. The van der Waals surface area contributed by atoms with Crippen LogP contribution in [0.3, 0.4) is 0 Å². The molecule has 1 atom stereocenters. The quantitative estimate of drug-likeness (QED) is 0.299. The molecule has 2 aliphatic rings. The second-order valence-electron chi connectivity index (χ2n) is 10.9. The number of carbonyl (C=O) groups excluding carboxylic acids is 1. The Hall–Kier alpha value is -3.45. The lowest BCUT2D eigenvalue weighted by Crippen LogP contribution is -2.44. The normalized spacial score (nSPS) is 18.1. The molecule has 7 heteroatoms. The predicted octanol–water partition coefficient (Wildman–Crippen LogP) is 5.83. The summed E-state index contributed by atoms with van der Waals surface area (Å²) < 4.78 is 22.5. The Morgan fingerprint density at radius 2 is 1.73 bits per heavy atom. The van der Waals surface area contributed by atoms with Crippen LogP contribution in [0.4, 0.5) is 0 Å². The van der Waals surface area contributed by atoms with Crippen LogP contribution in [-0.2, 0) is 6.42 Å². The van der Waals surface area contributed by atoms with Crippen molar-refractivity contribution >= 4 is 16.7 Å². The standard InChI is InChI=1S/C33H42N2O5/c1-37-27-12-13-28-25(19-27)10-7-11-30(28)40-18-8-16-34-15-6-4-5-9-24(22-34)23-35-17-14-26-20-31(38-2)32(39-3)21-29(26)33(35)36/h7,10-13,19-21,24H,4-6,8-9,14-18,22-23H2,1-3H3. The third-order valence-corrected chi connectivity index (χ3v) is 8.28. The fourth-order valence-electron chi connectivity index (χ4n) is 6.14. The first-order valence-electron chi connectivity index (χ1n) is 14.6. The molecule has 0 radical (unpaired) electrons. The number of hydrogen-bond acceptors (Lipinski definition) is 6. The lowest BCUT2D eigenvalue weighted by molar-refractivity contribution is 0.0678. The van der Waals surface area contributed by atoms with Gasteiger partial charge < -0.3 is 28.7 Å². The fourth-order valence-corrected chi connectivity index (χ4v) is 6.14. The molecule has 2 heterocycles. The second-order valence-corrected chi connectivity index (χ2v) is 10.9. The zero-order chi connectivity index (χ0) is 27.9. The molecule has 7 nitrogen and oxygen atoms in total. The molecular weight excluding hydrogens is 504 g/mol. The van der Waals surface area contributed by atoms with E-state index in [4.69, 9.17) is 18.9 Å². The molecule has 1 amide bonds. The highest BCUT2D eigenvalue weighted by Crippen LogP contribution is 2.34. The summed E-state index contributed by atoms with van der Waals surface area (Å²) in [5, 5.41) is 2.23. The maximum Gasteiger partial charge on any atom is 0.254 e. The monoisotopic (exact) mass is 546 g/mol. The van der Waals surface area contributed by atoms with Crippen molar-refractivity contribution in [1.29, 1.82) is 0 Å². The van der Waals surface area contributed by atoms with Crippen molar-refractivity contribution in [1.82, 2.24) is 9.80 Å². The SMILES string of the molecule is COc1ccc2c(OCCCN3CCCCCC(CN4CCc5cc(OC)c(OC)cc5C4=O)C3)cccc2c1. The number of carbonyl (C=O) groups is 1. The van der Waals surface area contributed by atoms with E-state index in [1.807, 2.05) is 36.4 Å². The van der Waals surface area contributed by atoms with Crippen LogP contribution in [0.25, 0.3) is 10.8 Å². The summed E-state index contributed by atoms with van der Waals surface area (Å²) in [6.45, 7) is 5.37. The van der Waals surface area contributed by atoms with Crippen LogP contribution in [0, 0.1) is 5.92 Å². The van der Waals surface area contributed by atoms with Gasteiger partial charge in [0, 0.05) is 37.1 Å². The van der Waals surface area contributed by atoms with Gasteiger partial charge in [-0.05, 0) is 85.5 Å². The lowest BCUT2D eigenvalue weighted by atomic mass is 9.94. The van der Waals surface area contributed by atoms with Crippen molar-refractivity contribution in [3.8, 4) is 23.0 Å². The van der Waals surface area contributed by atoms with Gasteiger partial charge in [0.2, 0.25) is 0 Å². The maximum atomic E-state index is 13.5. The molecule has 2 aliphatic heterocycles. The number of methoxy groups -OCH3 is 3. The maximum absolute atomic E-state index is 13.5. The number of benzene rings is 3. The number of ether oxygens (including phenoxy) is 4. The molecule has 0 aliphatic carbocycles. The Balaban J connectivity index is 1.16. The van der Waals surface area contributed by atoms with Crippen molar-refractivity contribution < 1.29 is 23.7 Å². The van der Waals surface area contributed by atoms with Crippen LogP contribution in [-0.4, -0.2) is 76.4 Å². The lowest BCUT2D eigenvalue weighted by Gasteiger charge is -2.35.